The summed E-state index contributed by atoms with van der Waals surface area (Å²) in [6, 6.07) is 8.41. The molecule has 102 valence electrons. The lowest BCUT2D eigenvalue weighted by Gasteiger charge is -2.21. The van der Waals surface area contributed by atoms with Crippen molar-refractivity contribution in [2.45, 2.75) is 38.0 Å². The van der Waals surface area contributed by atoms with Crippen molar-refractivity contribution in [1.29, 1.82) is 0 Å². The Labute approximate surface area is 114 Å². The van der Waals surface area contributed by atoms with Gasteiger partial charge in [-0.3, -0.25) is 4.89 Å². The van der Waals surface area contributed by atoms with Crippen LogP contribution in [0.1, 0.15) is 49.1 Å². The average Bonchev–Trinajstić information content (AvgIpc) is 2.47. The van der Waals surface area contributed by atoms with Gasteiger partial charge in [0.2, 0.25) is 0 Å². The molecule has 0 N–H and O–H groups in total. The third-order valence-electron chi connectivity index (χ3n) is 3.59. The number of rotatable bonds is 4. The van der Waals surface area contributed by atoms with Crippen LogP contribution in [0.25, 0.3) is 6.08 Å². The van der Waals surface area contributed by atoms with E-state index in [1.54, 1.807) is 6.08 Å². The zero-order valence-electron chi connectivity index (χ0n) is 11.3. The fourth-order valence-corrected chi connectivity index (χ4v) is 2.59. The van der Waals surface area contributed by atoms with Crippen LogP contribution < -0.4 is 0 Å². The van der Waals surface area contributed by atoms with Crippen LogP contribution in [-0.2, 0) is 14.6 Å². The maximum atomic E-state index is 11.1. The van der Waals surface area contributed by atoms with Gasteiger partial charge in [-0.25, -0.2) is 4.79 Å². The highest BCUT2D eigenvalue weighted by atomic mass is 17.2. The maximum absolute atomic E-state index is 11.1. The Morgan fingerprint density at radius 3 is 2.47 bits per heavy atom. The van der Waals surface area contributed by atoms with Gasteiger partial charge >= 0.3 is 5.97 Å². The van der Waals surface area contributed by atoms with Gasteiger partial charge < -0.3 is 0 Å². The van der Waals surface area contributed by atoms with E-state index in [-0.39, 0.29) is 0 Å². The topological polar surface area (TPSA) is 35.5 Å². The SMILES string of the molecule is COOC(=O)C=Cc1ccc(C2CCCCC2)cc1. The molecular formula is C16H20O3. The summed E-state index contributed by atoms with van der Waals surface area (Å²) in [6.07, 6.45) is 9.75. The van der Waals surface area contributed by atoms with Crippen LogP contribution in [0.4, 0.5) is 0 Å². The minimum absolute atomic E-state index is 0.501. The molecule has 0 heterocycles. The van der Waals surface area contributed by atoms with E-state index in [1.165, 1.54) is 50.9 Å². The van der Waals surface area contributed by atoms with Crippen molar-refractivity contribution in [3.63, 3.8) is 0 Å². The molecule has 0 amide bonds. The van der Waals surface area contributed by atoms with E-state index >= 15 is 0 Å². The van der Waals surface area contributed by atoms with Crippen LogP contribution in [0.3, 0.4) is 0 Å². The van der Waals surface area contributed by atoms with Gasteiger partial charge in [0.1, 0.15) is 0 Å². The summed E-state index contributed by atoms with van der Waals surface area (Å²) in [5, 5.41) is 0. The lowest BCUT2D eigenvalue weighted by Crippen LogP contribution is -2.04. The molecule has 1 aromatic carbocycles. The predicted molar refractivity (Wildman–Crippen MR) is 74.4 cm³/mol. The fraction of sp³-hybridized carbons (Fsp3) is 0.438. The van der Waals surface area contributed by atoms with Crippen LogP contribution >= 0.6 is 0 Å². The first-order chi connectivity index (χ1) is 9.29. The van der Waals surface area contributed by atoms with Crippen LogP contribution in [0, 0.1) is 0 Å². The number of hydrogen-bond donors (Lipinski definition) is 0. The lowest BCUT2D eigenvalue weighted by molar-refractivity contribution is -0.249. The summed E-state index contributed by atoms with van der Waals surface area (Å²) in [4.78, 5) is 19.7. The van der Waals surface area contributed by atoms with Gasteiger partial charge in [0.15, 0.2) is 0 Å². The van der Waals surface area contributed by atoms with E-state index in [2.05, 4.69) is 21.9 Å². The molecule has 1 aliphatic rings. The Hall–Kier alpha value is -1.61. The van der Waals surface area contributed by atoms with Crippen molar-refractivity contribution in [2.75, 3.05) is 7.11 Å². The molecule has 1 aliphatic carbocycles. The molecule has 3 nitrogen and oxygen atoms in total. The first-order valence-corrected chi connectivity index (χ1v) is 6.82. The predicted octanol–water partition coefficient (Wildman–Crippen LogP) is 3.85. The van der Waals surface area contributed by atoms with Crippen molar-refractivity contribution in [3.8, 4) is 0 Å². The van der Waals surface area contributed by atoms with Gasteiger partial charge in [0.05, 0.1) is 7.11 Å². The quantitative estimate of drug-likeness (QED) is 0.468. The minimum atomic E-state index is -0.501. The van der Waals surface area contributed by atoms with Gasteiger partial charge in [0.25, 0.3) is 0 Å². The van der Waals surface area contributed by atoms with Crippen LogP contribution in [0.15, 0.2) is 30.3 Å². The van der Waals surface area contributed by atoms with E-state index < -0.39 is 5.97 Å². The van der Waals surface area contributed by atoms with Crippen LogP contribution in [-0.4, -0.2) is 13.1 Å². The van der Waals surface area contributed by atoms with Gasteiger partial charge in [-0.05, 0) is 36.0 Å². The third kappa shape index (κ3) is 4.21. The normalized spacial score (nSPS) is 16.7. The average molecular weight is 260 g/mol. The monoisotopic (exact) mass is 260 g/mol. The first-order valence-electron chi connectivity index (χ1n) is 6.82. The van der Waals surface area contributed by atoms with Crippen molar-refractivity contribution in [3.05, 3.63) is 41.5 Å². The lowest BCUT2D eigenvalue weighted by atomic mass is 9.84. The summed E-state index contributed by atoms with van der Waals surface area (Å²) in [5.74, 6) is 0.212. The number of hydrogen-bond acceptors (Lipinski definition) is 3. The summed E-state index contributed by atoms with van der Waals surface area (Å²) >= 11 is 0. The van der Waals surface area contributed by atoms with Gasteiger partial charge in [-0.1, -0.05) is 43.5 Å². The van der Waals surface area contributed by atoms with E-state index in [1.807, 2.05) is 12.1 Å². The molecule has 1 saturated carbocycles. The Balaban J connectivity index is 1.96. The van der Waals surface area contributed by atoms with Crippen molar-refractivity contribution < 1.29 is 14.6 Å². The molecule has 19 heavy (non-hydrogen) atoms. The minimum Gasteiger partial charge on any atom is -0.294 e. The molecular weight excluding hydrogens is 240 g/mol. The fourth-order valence-electron chi connectivity index (χ4n) is 2.59. The highest BCUT2D eigenvalue weighted by Crippen LogP contribution is 2.32. The van der Waals surface area contributed by atoms with Gasteiger partial charge in [0, 0.05) is 6.08 Å². The van der Waals surface area contributed by atoms with Crippen LogP contribution in [0.5, 0.6) is 0 Å². The first kappa shape index (κ1) is 13.8. The molecule has 0 spiro atoms. The van der Waals surface area contributed by atoms with Crippen molar-refractivity contribution in [2.24, 2.45) is 0 Å². The molecule has 0 atom stereocenters. The van der Waals surface area contributed by atoms with E-state index in [0.717, 1.165) is 5.56 Å². The Bertz CT molecular complexity index is 428. The third-order valence-corrected chi connectivity index (χ3v) is 3.59. The Kier molecular flexibility index (Phi) is 5.16. The summed E-state index contributed by atoms with van der Waals surface area (Å²) in [7, 11) is 1.31. The zero-order chi connectivity index (χ0) is 13.5. The standard InChI is InChI=1S/C16H20O3/c1-18-19-16(17)12-9-13-7-10-15(11-8-13)14-5-3-2-4-6-14/h7-12,14H,2-6H2,1H3. The maximum Gasteiger partial charge on any atom is 0.365 e. The molecule has 0 radical (unpaired) electrons. The molecule has 2 rings (SSSR count). The van der Waals surface area contributed by atoms with Gasteiger partial charge in [-0.15, -0.1) is 0 Å². The summed E-state index contributed by atoms with van der Waals surface area (Å²) in [5.41, 5.74) is 2.41. The number of carbonyl (C=O) groups excluding carboxylic acids is 1. The second-order valence-corrected chi connectivity index (χ2v) is 4.90. The van der Waals surface area contributed by atoms with Crippen molar-refractivity contribution in [1.82, 2.24) is 0 Å². The molecule has 1 aromatic rings. The smallest absolute Gasteiger partial charge is 0.294 e. The van der Waals surface area contributed by atoms with Crippen LogP contribution in [0.2, 0.25) is 0 Å². The molecule has 0 unspecified atom stereocenters. The van der Waals surface area contributed by atoms with E-state index in [0.29, 0.717) is 5.92 Å². The molecule has 0 aromatic heterocycles. The molecule has 0 bridgehead atoms. The highest BCUT2D eigenvalue weighted by molar-refractivity contribution is 5.86. The Morgan fingerprint density at radius 2 is 1.84 bits per heavy atom. The number of benzene rings is 1. The van der Waals surface area contributed by atoms with Crippen molar-refractivity contribution >= 4 is 12.0 Å². The molecule has 1 fully saturated rings. The zero-order valence-corrected chi connectivity index (χ0v) is 11.3. The van der Waals surface area contributed by atoms with E-state index in [4.69, 9.17) is 0 Å². The highest BCUT2D eigenvalue weighted by Gasteiger charge is 2.14. The largest absolute Gasteiger partial charge is 0.365 e. The van der Waals surface area contributed by atoms with E-state index in [9.17, 15) is 4.79 Å². The molecule has 3 heteroatoms. The van der Waals surface area contributed by atoms with Gasteiger partial charge in [-0.2, -0.15) is 4.89 Å². The Morgan fingerprint density at radius 1 is 1.16 bits per heavy atom. The second-order valence-electron chi connectivity index (χ2n) is 4.90. The summed E-state index contributed by atoms with van der Waals surface area (Å²) in [6.45, 7) is 0. The number of carbonyl (C=O) groups is 1. The summed E-state index contributed by atoms with van der Waals surface area (Å²) < 4.78 is 0. The molecule has 0 aliphatic heterocycles. The molecule has 0 saturated heterocycles. The second kappa shape index (κ2) is 7.10.